The maximum Gasteiger partial charge on any atom is 0.306 e. The zero-order valence-corrected chi connectivity index (χ0v) is 24.4. The van der Waals surface area contributed by atoms with Crippen LogP contribution in [0.1, 0.15) is 89.3 Å². The van der Waals surface area contributed by atoms with Crippen molar-refractivity contribution in [2.24, 2.45) is 11.8 Å². The molecule has 2 aromatic carbocycles. The molecule has 0 aromatic heterocycles. The minimum absolute atomic E-state index is 0.172. The molecule has 0 amide bonds. The van der Waals surface area contributed by atoms with E-state index in [9.17, 15) is 9.90 Å². The van der Waals surface area contributed by atoms with E-state index in [4.69, 9.17) is 4.74 Å². The number of ether oxygens (including phenoxy) is 1. The lowest BCUT2D eigenvalue weighted by Crippen LogP contribution is -2.45. The van der Waals surface area contributed by atoms with Gasteiger partial charge >= 0.3 is 5.97 Å². The molecule has 5 atom stereocenters. The molecule has 2 heterocycles. The summed E-state index contributed by atoms with van der Waals surface area (Å²) in [5.74, 6) is 0.993. The van der Waals surface area contributed by atoms with Gasteiger partial charge in [0.1, 0.15) is 5.75 Å². The van der Waals surface area contributed by atoms with Crippen LogP contribution < -0.4 is 4.74 Å². The van der Waals surface area contributed by atoms with Crippen molar-refractivity contribution in [3.63, 3.8) is 0 Å². The van der Waals surface area contributed by atoms with E-state index in [1.165, 1.54) is 34.7 Å². The highest BCUT2D eigenvalue weighted by Gasteiger charge is 2.45. The van der Waals surface area contributed by atoms with Gasteiger partial charge in [-0.2, -0.15) is 0 Å². The first kappa shape index (κ1) is 26.4. The van der Waals surface area contributed by atoms with Gasteiger partial charge in [-0.1, -0.05) is 32.0 Å². The van der Waals surface area contributed by atoms with Crippen LogP contribution in [0.15, 0.2) is 30.3 Å². The minimum atomic E-state index is -0.615. The van der Waals surface area contributed by atoms with Crippen molar-refractivity contribution in [1.82, 2.24) is 4.90 Å². The first-order chi connectivity index (χ1) is 17.2. The molecule has 36 heavy (non-hydrogen) atoms. The van der Waals surface area contributed by atoms with Crippen LogP contribution in [0.5, 0.6) is 5.75 Å². The van der Waals surface area contributed by atoms with E-state index in [2.05, 4.69) is 74.5 Å². The molecule has 0 radical (unpaired) electrons. The largest absolute Gasteiger partial charge is 0.490 e. The number of carbonyl (C=O) groups is 1. The smallest absolute Gasteiger partial charge is 0.306 e. The van der Waals surface area contributed by atoms with E-state index in [0.717, 1.165) is 56.6 Å². The number of nitrogens with zero attached hydrogens (tertiary/aromatic N) is 1. The normalized spacial score (nSPS) is 29.9. The number of fused-ring (bicyclic) bond motifs is 3. The summed E-state index contributed by atoms with van der Waals surface area (Å²) >= 11 is 0. The second-order valence-corrected chi connectivity index (χ2v) is 15.0. The maximum atomic E-state index is 11.6. The van der Waals surface area contributed by atoms with E-state index < -0.39 is 5.97 Å². The summed E-state index contributed by atoms with van der Waals surface area (Å²) in [6, 6.07) is 12.5. The summed E-state index contributed by atoms with van der Waals surface area (Å²) in [7, 11) is 6.00. The van der Waals surface area contributed by atoms with Gasteiger partial charge < -0.3 is 9.84 Å². The van der Waals surface area contributed by atoms with Gasteiger partial charge in [-0.25, -0.2) is 0 Å². The van der Waals surface area contributed by atoms with Crippen molar-refractivity contribution in [3.05, 3.63) is 41.5 Å². The lowest BCUT2D eigenvalue weighted by Gasteiger charge is -2.41. The van der Waals surface area contributed by atoms with Gasteiger partial charge in [0.05, 0.1) is 12.0 Å². The van der Waals surface area contributed by atoms with Gasteiger partial charge in [0, 0.05) is 23.7 Å². The van der Waals surface area contributed by atoms with Crippen molar-refractivity contribution in [1.29, 1.82) is 0 Å². The molecule has 2 bridgehead atoms. The highest BCUT2D eigenvalue weighted by Crippen LogP contribution is 2.45. The molecule has 2 aliphatic heterocycles. The van der Waals surface area contributed by atoms with Crippen molar-refractivity contribution < 1.29 is 14.6 Å². The number of aliphatic carboxylic acids is 1. The molecule has 6 heteroatoms. The Morgan fingerprint density at radius 1 is 1.08 bits per heavy atom. The Hall–Kier alpha value is -1.21. The van der Waals surface area contributed by atoms with Gasteiger partial charge in [0.2, 0.25) is 0 Å². The lowest BCUT2D eigenvalue weighted by molar-refractivity contribution is -0.144. The van der Waals surface area contributed by atoms with Crippen LogP contribution in [0.3, 0.4) is 0 Å². The van der Waals surface area contributed by atoms with E-state index in [1.807, 2.05) is 0 Å². The molecule has 5 rings (SSSR count). The average Bonchev–Trinajstić information content (AvgIpc) is 3.11. The molecule has 3 fully saturated rings. The van der Waals surface area contributed by atoms with Gasteiger partial charge in [-0.15, -0.1) is 18.5 Å². The molecule has 1 saturated carbocycles. The second kappa shape index (κ2) is 10.5. The summed E-state index contributed by atoms with van der Waals surface area (Å²) in [6.07, 6.45) is 9.80. The Kier molecular flexibility index (Phi) is 7.71. The number of piperidine rings is 1. The Balaban J connectivity index is 1.32. The zero-order chi connectivity index (χ0) is 25.6. The molecule has 2 saturated heterocycles. The van der Waals surface area contributed by atoms with Crippen LogP contribution in [0.25, 0.3) is 10.8 Å². The predicted molar refractivity (Wildman–Crippen MR) is 155 cm³/mol. The topological polar surface area (TPSA) is 49.8 Å². The summed E-state index contributed by atoms with van der Waals surface area (Å²) in [5, 5.41) is 12.1. The molecular formula is C30H43NO3P2. The molecule has 196 valence electrons. The fourth-order valence-corrected chi connectivity index (χ4v) is 8.00. The highest BCUT2D eigenvalue weighted by atomic mass is 31.1. The third-order valence-electron chi connectivity index (χ3n) is 9.38. The van der Waals surface area contributed by atoms with Crippen LogP contribution in [-0.2, 0) is 11.2 Å². The first-order valence-corrected chi connectivity index (χ1v) is 15.1. The Morgan fingerprint density at radius 2 is 1.75 bits per heavy atom. The second-order valence-electron chi connectivity index (χ2n) is 11.8. The van der Waals surface area contributed by atoms with Crippen LogP contribution in [0.2, 0.25) is 0 Å². The van der Waals surface area contributed by atoms with E-state index in [1.54, 1.807) is 0 Å². The highest BCUT2D eigenvalue weighted by molar-refractivity contribution is 7.39. The quantitative estimate of drug-likeness (QED) is 0.387. The zero-order valence-electron chi connectivity index (χ0n) is 22.1. The molecule has 1 aliphatic carbocycles. The Labute approximate surface area is 221 Å². The average molecular weight is 528 g/mol. The van der Waals surface area contributed by atoms with E-state index in [-0.39, 0.29) is 10.8 Å². The summed E-state index contributed by atoms with van der Waals surface area (Å²) in [6.45, 7) is 6.83. The van der Waals surface area contributed by atoms with Crippen molar-refractivity contribution in [2.75, 3.05) is 0 Å². The molecule has 0 spiro atoms. The predicted octanol–water partition coefficient (Wildman–Crippen LogP) is 7.19. The van der Waals surface area contributed by atoms with Crippen LogP contribution >= 0.6 is 18.5 Å². The molecular weight excluding hydrogens is 484 g/mol. The molecule has 2 aromatic rings. The maximum absolute atomic E-state index is 11.6. The number of aryl methyl sites for hydroxylation is 1. The summed E-state index contributed by atoms with van der Waals surface area (Å²) in [4.78, 5) is 14.4. The van der Waals surface area contributed by atoms with Gasteiger partial charge in [-0.05, 0) is 104 Å². The van der Waals surface area contributed by atoms with Gasteiger partial charge in [0.25, 0.3) is 0 Å². The van der Waals surface area contributed by atoms with Crippen molar-refractivity contribution >= 4 is 35.2 Å². The van der Waals surface area contributed by atoms with E-state index >= 15 is 0 Å². The third kappa shape index (κ3) is 5.21. The van der Waals surface area contributed by atoms with Crippen LogP contribution in [0, 0.1) is 11.8 Å². The molecule has 4 nitrogen and oxygen atoms in total. The van der Waals surface area contributed by atoms with Crippen molar-refractivity contribution in [3.8, 4) is 5.75 Å². The number of carboxylic acids is 1. The fourth-order valence-electron chi connectivity index (χ4n) is 7.33. The van der Waals surface area contributed by atoms with Crippen molar-refractivity contribution in [2.45, 2.75) is 108 Å². The van der Waals surface area contributed by atoms with Crippen LogP contribution in [0.4, 0.5) is 0 Å². The summed E-state index contributed by atoms with van der Waals surface area (Å²) < 4.78 is 6.62. The van der Waals surface area contributed by atoms with Gasteiger partial charge in [-0.3, -0.25) is 9.69 Å². The molecule has 3 aliphatic rings. The number of rotatable bonds is 7. The number of hydrogen-bond acceptors (Lipinski definition) is 3. The van der Waals surface area contributed by atoms with E-state index in [0.29, 0.717) is 24.2 Å². The van der Waals surface area contributed by atoms with Crippen LogP contribution in [-0.4, -0.2) is 39.1 Å². The number of benzene rings is 2. The lowest BCUT2D eigenvalue weighted by atomic mass is 9.85. The fraction of sp³-hybridized carbons (Fsp3) is 0.633. The third-order valence-corrected chi connectivity index (χ3v) is 10.3. The molecule has 1 N–H and O–H groups in total. The first-order valence-electron chi connectivity index (χ1n) is 14.0. The monoisotopic (exact) mass is 527 g/mol. The standard InChI is InChI=1S/C30H43NO3P2/c1-4-26-27-13-5-19(18(2)31-23-9-10-24(31)17-21(16-23)29(32)33)15-20(27)6-14-28(26)34-25-11-7-22(8-12-25)30(3,35)36/h5-6,13-15,18,21-25H,4,7-12,16-17,35-36H2,1-3H3,(H,32,33). The minimum Gasteiger partial charge on any atom is -0.490 e. The Morgan fingerprint density at radius 3 is 2.33 bits per heavy atom. The summed E-state index contributed by atoms with van der Waals surface area (Å²) in [5.41, 5.74) is 2.65. The van der Waals surface area contributed by atoms with Gasteiger partial charge in [0.15, 0.2) is 0 Å². The SMILES string of the molecule is CCc1c(OC2CCC(C(C)(P)P)CC2)ccc2cc(C(C)N3C4CCC3CC(C(=O)O)C4)ccc12. The Bertz CT molecular complexity index is 1090. The molecule has 5 unspecified atom stereocenters. The number of carboxylic acid groups (broad SMARTS) is 1. The number of hydrogen-bond donors (Lipinski definition) is 1.